The van der Waals surface area contributed by atoms with E-state index in [0.29, 0.717) is 30.7 Å². The second kappa shape index (κ2) is 6.56. The van der Waals surface area contributed by atoms with Gasteiger partial charge in [-0.05, 0) is 39.2 Å². The number of rotatable bonds is 5. The number of aromatic nitrogens is 1. The lowest BCUT2D eigenvalue weighted by Gasteiger charge is -2.13. The van der Waals surface area contributed by atoms with Crippen molar-refractivity contribution >= 4 is 11.9 Å². The molecule has 1 saturated carbocycles. The van der Waals surface area contributed by atoms with Crippen LogP contribution in [0.3, 0.4) is 0 Å². The van der Waals surface area contributed by atoms with Crippen LogP contribution in [0, 0.1) is 5.92 Å². The molecule has 21 heavy (non-hydrogen) atoms. The van der Waals surface area contributed by atoms with Gasteiger partial charge in [0.2, 0.25) is 5.88 Å². The van der Waals surface area contributed by atoms with Crippen LogP contribution in [0.5, 0.6) is 5.88 Å². The molecule has 1 aromatic heterocycles. The first-order valence-corrected chi connectivity index (χ1v) is 7.12. The van der Waals surface area contributed by atoms with E-state index in [1.807, 2.05) is 13.8 Å². The molecule has 0 spiro atoms. The fourth-order valence-electron chi connectivity index (χ4n) is 2.43. The average molecular weight is 292 g/mol. The van der Waals surface area contributed by atoms with E-state index in [4.69, 9.17) is 9.84 Å². The number of hydrogen-bond donors (Lipinski definition) is 2. The summed E-state index contributed by atoms with van der Waals surface area (Å²) in [5.41, 5.74) is 0.449. The predicted molar refractivity (Wildman–Crippen MR) is 76.2 cm³/mol. The molecule has 0 aliphatic heterocycles. The van der Waals surface area contributed by atoms with Gasteiger partial charge in [-0.25, -0.2) is 4.98 Å². The number of pyridine rings is 1. The lowest BCUT2D eigenvalue weighted by atomic mass is 10.1. The molecular formula is C15H20N2O4. The largest absolute Gasteiger partial charge is 0.481 e. The van der Waals surface area contributed by atoms with Crippen LogP contribution in [0.4, 0.5) is 0 Å². The number of carboxylic acids is 1. The molecule has 1 aliphatic rings. The Balaban J connectivity index is 1.90. The third-order valence-corrected chi connectivity index (χ3v) is 3.47. The summed E-state index contributed by atoms with van der Waals surface area (Å²) in [4.78, 5) is 27.0. The van der Waals surface area contributed by atoms with Gasteiger partial charge in [0.05, 0.1) is 17.6 Å². The number of aliphatic carboxylic acids is 1. The lowest BCUT2D eigenvalue weighted by Crippen LogP contribution is -2.33. The minimum absolute atomic E-state index is 0.0311. The molecule has 1 aliphatic carbocycles. The van der Waals surface area contributed by atoms with Crippen molar-refractivity contribution in [3.8, 4) is 5.88 Å². The summed E-state index contributed by atoms with van der Waals surface area (Å²) in [5.74, 6) is -0.887. The van der Waals surface area contributed by atoms with Gasteiger partial charge in [-0.2, -0.15) is 0 Å². The van der Waals surface area contributed by atoms with Crippen molar-refractivity contribution < 1.29 is 19.4 Å². The van der Waals surface area contributed by atoms with E-state index in [0.717, 1.165) is 0 Å². The zero-order valence-electron chi connectivity index (χ0n) is 12.2. The highest BCUT2D eigenvalue weighted by Gasteiger charge is 2.30. The Morgan fingerprint density at radius 1 is 1.38 bits per heavy atom. The molecule has 1 aromatic rings. The zero-order valence-corrected chi connectivity index (χ0v) is 12.2. The van der Waals surface area contributed by atoms with Gasteiger partial charge < -0.3 is 15.2 Å². The summed E-state index contributed by atoms with van der Waals surface area (Å²) >= 11 is 0. The van der Waals surface area contributed by atoms with E-state index in [-0.39, 0.29) is 24.0 Å². The second-order valence-corrected chi connectivity index (χ2v) is 5.57. The van der Waals surface area contributed by atoms with E-state index < -0.39 is 5.97 Å². The van der Waals surface area contributed by atoms with Crippen molar-refractivity contribution in [1.82, 2.24) is 10.3 Å². The normalized spacial score (nSPS) is 21.3. The highest BCUT2D eigenvalue weighted by molar-refractivity contribution is 5.94. The molecule has 2 atom stereocenters. The molecule has 1 fully saturated rings. The molecule has 2 rings (SSSR count). The van der Waals surface area contributed by atoms with Crippen LogP contribution < -0.4 is 10.1 Å². The maximum atomic E-state index is 12.1. The molecule has 2 N–H and O–H groups in total. The highest BCUT2D eigenvalue weighted by Crippen LogP contribution is 2.25. The fraction of sp³-hybridized carbons (Fsp3) is 0.533. The van der Waals surface area contributed by atoms with E-state index >= 15 is 0 Å². The zero-order chi connectivity index (χ0) is 15.4. The smallest absolute Gasteiger partial charge is 0.306 e. The van der Waals surface area contributed by atoms with Gasteiger partial charge in [-0.3, -0.25) is 9.59 Å². The first-order valence-electron chi connectivity index (χ1n) is 7.12. The summed E-state index contributed by atoms with van der Waals surface area (Å²) in [5, 5.41) is 11.8. The predicted octanol–water partition coefficient (Wildman–Crippen LogP) is 1.85. The Hall–Kier alpha value is -2.11. The van der Waals surface area contributed by atoms with Crippen molar-refractivity contribution in [2.24, 2.45) is 5.92 Å². The molecule has 0 radical (unpaired) electrons. The molecule has 0 saturated heterocycles. The molecular weight excluding hydrogens is 272 g/mol. The average Bonchev–Trinajstić information content (AvgIpc) is 2.87. The number of amides is 1. The molecule has 1 heterocycles. The second-order valence-electron chi connectivity index (χ2n) is 5.57. The Bertz CT molecular complexity index is 513. The van der Waals surface area contributed by atoms with Crippen molar-refractivity contribution in [1.29, 1.82) is 0 Å². The van der Waals surface area contributed by atoms with Crippen LogP contribution in [0.2, 0.25) is 0 Å². The van der Waals surface area contributed by atoms with E-state index in [9.17, 15) is 9.59 Å². The van der Waals surface area contributed by atoms with E-state index in [2.05, 4.69) is 10.3 Å². The summed E-state index contributed by atoms with van der Waals surface area (Å²) < 4.78 is 5.41. The summed E-state index contributed by atoms with van der Waals surface area (Å²) in [6.45, 7) is 3.81. The SMILES string of the molecule is CC(C)Oc1ccc(C(=O)N[C@@H]2CC[C@H](C(=O)O)C2)cn1. The van der Waals surface area contributed by atoms with Crippen molar-refractivity contribution in [2.45, 2.75) is 45.3 Å². The Kier molecular flexibility index (Phi) is 4.77. The van der Waals surface area contributed by atoms with Gasteiger partial charge in [0.1, 0.15) is 0 Å². The number of hydrogen-bond acceptors (Lipinski definition) is 4. The topological polar surface area (TPSA) is 88.5 Å². The van der Waals surface area contributed by atoms with Gasteiger partial charge in [-0.15, -0.1) is 0 Å². The lowest BCUT2D eigenvalue weighted by molar-refractivity contribution is -0.141. The highest BCUT2D eigenvalue weighted by atomic mass is 16.5. The summed E-state index contributed by atoms with van der Waals surface area (Å²) in [6, 6.07) is 3.23. The van der Waals surface area contributed by atoms with Gasteiger partial charge in [0.25, 0.3) is 5.91 Å². The van der Waals surface area contributed by atoms with Crippen LogP contribution in [0.15, 0.2) is 18.3 Å². The molecule has 114 valence electrons. The Morgan fingerprint density at radius 3 is 2.67 bits per heavy atom. The maximum absolute atomic E-state index is 12.1. The molecule has 6 heteroatoms. The number of carboxylic acid groups (broad SMARTS) is 1. The Labute approximate surface area is 123 Å². The third kappa shape index (κ3) is 4.18. The molecule has 0 unspecified atom stereocenters. The number of nitrogens with one attached hydrogen (secondary N) is 1. The minimum atomic E-state index is -0.788. The molecule has 0 bridgehead atoms. The number of carbonyl (C=O) groups is 2. The first kappa shape index (κ1) is 15.3. The van der Waals surface area contributed by atoms with Crippen LogP contribution in [-0.2, 0) is 4.79 Å². The van der Waals surface area contributed by atoms with Gasteiger partial charge in [0, 0.05) is 18.3 Å². The van der Waals surface area contributed by atoms with Crippen molar-refractivity contribution in [2.75, 3.05) is 0 Å². The van der Waals surface area contributed by atoms with E-state index in [1.54, 1.807) is 12.1 Å². The minimum Gasteiger partial charge on any atom is -0.481 e. The number of carbonyl (C=O) groups excluding carboxylic acids is 1. The van der Waals surface area contributed by atoms with Crippen LogP contribution in [-0.4, -0.2) is 34.1 Å². The van der Waals surface area contributed by atoms with Gasteiger partial charge >= 0.3 is 5.97 Å². The Morgan fingerprint density at radius 2 is 2.14 bits per heavy atom. The standard InChI is InChI=1S/C15H20N2O4/c1-9(2)21-13-6-4-11(8-16-13)14(18)17-12-5-3-10(7-12)15(19)20/h4,6,8-10,12H,3,5,7H2,1-2H3,(H,17,18)(H,19,20)/t10-,12+/m0/s1. The molecule has 0 aromatic carbocycles. The van der Waals surface area contributed by atoms with Gasteiger partial charge in [-0.1, -0.05) is 0 Å². The van der Waals surface area contributed by atoms with E-state index in [1.165, 1.54) is 6.20 Å². The van der Waals surface area contributed by atoms with Crippen LogP contribution in [0.25, 0.3) is 0 Å². The summed E-state index contributed by atoms with van der Waals surface area (Å²) in [7, 11) is 0. The maximum Gasteiger partial charge on any atom is 0.306 e. The number of ether oxygens (including phenoxy) is 1. The van der Waals surface area contributed by atoms with Crippen molar-refractivity contribution in [3.63, 3.8) is 0 Å². The van der Waals surface area contributed by atoms with Gasteiger partial charge in [0.15, 0.2) is 0 Å². The molecule has 6 nitrogen and oxygen atoms in total. The quantitative estimate of drug-likeness (QED) is 0.864. The third-order valence-electron chi connectivity index (χ3n) is 3.47. The monoisotopic (exact) mass is 292 g/mol. The number of nitrogens with zero attached hydrogens (tertiary/aromatic N) is 1. The van der Waals surface area contributed by atoms with Crippen LogP contribution >= 0.6 is 0 Å². The molecule has 1 amide bonds. The fourth-order valence-corrected chi connectivity index (χ4v) is 2.43. The van der Waals surface area contributed by atoms with Crippen LogP contribution in [0.1, 0.15) is 43.5 Å². The summed E-state index contributed by atoms with van der Waals surface area (Å²) in [6.07, 6.45) is 3.30. The van der Waals surface area contributed by atoms with Crippen molar-refractivity contribution in [3.05, 3.63) is 23.9 Å². The first-order chi connectivity index (χ1) is 9.95.